The van der Waals surface area contributed by atoms with E-state index in [1.165, 1.54) is 0 Å². The number of rotatable bonds is 3. The van der Waals surface area contributed by atoms with E-state index in [0.717, 1.165) is 110 Å². The van der Waals surface area contributed by atoms with E-state index in [0.29, 0.717) is 0 Å². The molecule has 0 aliphatic carbocycles. The minimum absolute atomic E-state index is 0.902. The molecule has 4 heterocycles. The topological polar surface area (TPSA) is 36.1 Å². The molecule has 0 unspecified atom stereocenters. The fraction of sp³-hybridized carbons (Fsp3) is 0. The van der Waals surface area contributed by atoms with Crippen molar-refractivity contribution in [3.8, 4) is 22.5 Å². The second-order valence-electron chi connectivity index (χ2n) is 13.7. The average Bonchev–Trinajstić information content (AvgIpc) is 3.95. The second kappa shape index (κ2) is 10.3. The van der Waals surface area contributed by atoms with Gasteiger partial charge < -0.3 is 18.0 Å². The van der Waals surface area contributed by atoms with Gasteiger partial charge in [-0.25, -0.2) is 0 Å². The summed E-state index contributed by atoms with van der Waals surface area (Å²) < 4.78 is 18.0. The van der Waals surface area contributed by atoms with Gasteiger partial charge in [-0.1, -0.05) is 91.0 Å². The number of para-hydroxylation sites is 4. The molecule has 0 fully saturated rings. The summed E-state index contributed by atoms with van der Waals surface area (Å²) in [6.45, 7) is 0. The first-order valence-electron chi connectivity index (χ1n) is 17.7. The summed E-state index contributed by atoms with van der Waals surface area (Å²) in [5.41, 5.74) is 12.7. The second-order valence-corrected chi connectivity index (χ2v) is 13.7. The molecule has 8 aromatic carbocycles. The third-order valence-corrected chi connectivity index (χ3v) is 10.9. The molecule has 4 heteroatoms. The molecule has 0 bridgehead atoms. The van der Waals surface area contributed by atoms with E-state index >= 15 is 0 Å². The molecule has 0 saturated heterocycles. The van der Waals surface area contributed by atoms with Crippen LogP contribution in [0.4, 0.5) is 0 Å². The van der Waals surface area contributed by atoms with Gasteiger partial charge in [-0.3, -0.25) is 0 Å². The number of nitrogens with zero attached hydrogens (tertiary/aromatic N) is 2. The third kappa shape index (κ3) is 3.70. The summed E-state index contributed by atoms with van der Waals surface area (Å²) >= 11 is 0. The quantitative estimate of drug-likeness (QED) is 0.188. The molecule has 0 atom stereocenters. The van der Waals surface area contributed by atoms with Crippen molar-refractivity contribution in [2.75, 3.05) is 0 Å². The number of hydrogen-bond acceptors (Lipinski definition) is 2. The molecule has 0 aliphatic heterocycles. The predicted molar refractivity (Wildman–Crippen MR) is 215 cm³/mol. The standard InChI is InChI=1S/C48H28N2O2/c1-3-11-31(12-4-1)49-39-24-20-29(27-38(39)46-41(49)26-23-36-34-16-8-10-18-44(34)52-48(36)46)30-19-21-37-42(28-30)50(32-13-5-2-6-14-32)40-25-22-35-33-15-7-9-17-43(33)51-47(35)45(37)40/h1-28H. The summed E-state index contributed by atoms with van der Waals surface area (Å²) in [6, 6.07) is 60.5. The molecule has 4 aromatic heterocycles. The van der Waals surface area contributed by atoms with Gasteiger partial charge in [0.1, 0.15) is 22.3 Å². The van der Waals surface area contributed by atoms with Gasteiger partial charge in [0.2, 0.25) is 0 Å². The van der Waals surface area contributed by atoms with Crippen molar-refractivity contribution >= 4 is 87.5 Å². The molecular formula is C48H28N2O2. The van der Waals surface area contributed by atoms with E-state index < -0.39 is 0 Å². The molecule has 242 valence electrons. The van der Waals surface area contributed by atoms with Crippen LogP contribution in [0.15, 0.2) is 179 Å². The summed E-state index contributed by atoms with van der Waals surface area (Å²) in [4.78, 5) is 0. The van der Waals surface area contributed by atoms with Crippen LogP contribution in [-0.4, -0.2) is 9.13 Å². The largest absolute Gasteiger partial charge is 0.455 e. The first kappa shape index (κ1) is 27.7. The highest BCUT2D eigenvalue weighted by Crippen LogP contribution is 2.44. The normalized spacial score (nSPS) is 12.2. The molecule has 52 heavy (non-hydrogen) atoms. The zero-order chi connectivity index (χ0) is 33.9. The Morgan fingerprint density at radius 3 is 1.38 bits per heavy atom. The lowest BCUT2D eigenvalue weighted by Gasteiger charge is -2.10. The average molecular weight is 665 g/mol. The number of furan rings is 2. The van der Waals surface area contributed by atoms with Gasteiger partial charge in [0, 0.05) is 43.7 Å². The fourth-order valence-electron chi connectivity index (χ4n) is 8.64. The Morgan fingerprint density at radius 2 is 0.769 bits per heavy atom. The van der Waals surface area contributed by atoms with Crippen molar-refractivity contribution < 1.29 is 8.83 Å². The van der Waals surface area contributed by atoms with Crippen molar-refractivity contribution in [3.63, 3.8) is 0 Å². The lowest BCUT2D eigenvalue weighted by molar-refractivity contribution is 0.672. The summed E-state index contributed by atoms with van der Waals surface area (Å²) in [6.07, 6.45) is 0. The fourth-order valence-corrected chi connectivity index (χ4v) is 8.64. The maximum Gasteiger partial charge on any atom is 0.145 e. The highest BCUT2D eigenvalue weighted by molar-refractivity contribution is 6.26. The van der Waals surface area contributed by atoms with Crippen LogP contribution in [0.5, 0.6) is 0 Å². The van der Waals surface area contributed by atoms with Crippen LogP contribution in [0.1, 0.15) is 0 Å². The van der Waals surface area contributed by atoms with Crippen molar-refractivity contribution in [1.29, 1.82) is 0 Å². The Kier molecular flexibility index (Phi) is 5.47. The van der Waals surface area contributed by atoms with Crippen LogP contribution in [0.3, 0.4) is 0 Å². The third-order valence-electron chi connectivity index (χ3n) is 10.9. The van der Waals surface area contributed by atoms with Crippen molar-refractivity contribution in [3.05, 3.63) is 170 Å². The SMILES string of the molecule is c1ccc(-n2c3ccc(-c4ccc5c6c7oc8ccccc8c7ccc6n(-c6ccccc6)c5c4)cc3c3c4oc5ccccc5c4ccc32)cc1. The molecule has 0 N–H and O–H groups in total. The van der Waals surface area contributed by atoms with Crippen LogP contribution >= 0.6 is 0 Å². The molecule has 0 saturated carbocycles. The van der Waals surface area contributed by atoms with Gasteiger partial charge in [0.25, 0.3) is 0 Å². The number of fused-ring (bicyclic) bond motifs is 14. The van der Waals surface area contributed by atoms with Crippen LogP contribution in [0.25, 0.3) is 110 Å². The minimum atomic E-state index is 0.902. The van der Waals surface area contributed by atoms with E-state index in [1.54, 1.807) is 0 Å². The van der Waals surface area contributed by atoms with Crippen molar-refractivity contribution in [1.82, 2.24) is 9.13 Å². The van der Waals surface area contributed by atoms with Gasteiger partial charge >= 0.3 is 0 Å². The van der Waals surface area contributed by atoms with E-state index in [2.05, 4.69) is 167 Å². The highest BCUT2D eigenvalue weighted by atomic mass is 16.3. The number of hydrogen-bond donors (Lipinski definition) is 0. The molecule has 12 aromatic rings. The molecule has 0 amide bonds. The molecule has 0 spiro atoms. The Bertz CT molecular complexity index is 3400. The van der Waals surface area contributed by atoms with Crippen molar-refractivity contribution in [2.45, 2.75) is 0 Å². The highest BCUT2D eigenvalue weighted by Gasteiger charge is 2.21. The van der Waals surface area contributed by atoms with Crippen LogP contribution in [0, 0.1) is 0 Å². The maximum atomic E-state index is 6.66. The van der Waals surface area contributed by atoms with Gasteiger partial charge in [-0.2, -0.15) is 0 Å². The molecule has 0 aliphatic rings. The molecule has 12 rings (SSSR count). The monoisotopic (exact) mass is 664 g/mol. The van der Waals surface area contributed by atoms with E-state index in [4.69, 9.17) is 8.83 Å². The lowest BCUT2D eigenvalue weighted by Crippen LogP contribution is -1.93. The minimum Gasteiger partial charge on any atom is -0.455 e. The van der Waals surface area contributed by atoms with Crippen LogP contribution in [-0.2, 0) is 0 Å². The predicted octanol–water partition coefficient (Wildman–Crippen LogP) is 13.3. The Morgan fingerprint density at radius 1 is 0.308 bits per heavy atom. The number of benzene rings is 8. The summed E-state index contributed by atoms with van der Waals surface area (Å²) in [5.74, 6) is 0. The Balaban J connectivity index is 1.16. The van der Waals surface area contributed by atoms with Crippen molar-refractivity contribution in [2.24, 2.45) is 0 Å². The lowest BCUT2D eigenvalue weighted by atomic mass is 10.00. The van der Waals surface area contributed by atoms with E-state index in [9.17, 15) is 0 Å². The molecular weight excluding hydrogens is 637 g/mol. The first-order valence-corrected chi connectivity index (χ1v) is 17.7. The smallest absolute Gasteiger partial charge is 0.145 e. The zero-order valence-corrected chi connectivity index (χ0v) is 27.9. The van der Waals surface area contributed by atoms with Gasteiger partial charge in [0.05, 0.1) is 32.8 Å². The Labute approximate surface area is 296 Å². The first-order chi connectivity index (χ1) is 25.8. The van der Waals surface area contributed by atoms with Gasteiger partial charge in [-0.15, -0.1) is 0 Å². The van der Waals surface area contributed by atoms with Gasteiger partial charge in [0.15, 0.2) is 0 Å². The van der Waals surface area contributed by atoms with E-state index in [1.807, 2.05) is 12.1 Å². The summed E-state index contributed by atoms with van der Waals surface area (Å²) in [5, 5.41) is 9.12. The van der Waals surface area contributed by atoms with Crippen LogP contribution < -0.4 is 0 Å². The molecule has 0 radical (unpaired) electrons. The van der Waals surface area contributed by atoms with E-state index in [-0.39, 0.29) is 0 Å². The number of aromatic nitrogens is 2. The van der Waals surface area contributed by atoms with Gasteiger partial charge in [-0.05, 0) is 90.0 Å². The Hall–Kier alpha value is -7.04. The summed E-state index contributed by atoms with van der Waals surface area (Å²) in [7, 11) is 0. The van der Waals surface area contributed by atoms with Crippen LogP contribution in [0.2, 0.25) is 0 Å². The maximum absolute atomic E-state index is 6.66. The zero-order valence-electron chi connectivity index (χ0n) is 27.9. The molecule has 4 nitrogen and oxygen atoms in total.